The Balaban J connectivity index is 2.26. The van der Waals surface area contributed by atoms with E-state index in [1.165, 1.54) is 0 Å². The van der Waals surface area contributed by atoms with E-state index < -0.39 is 0 Å². The molecule has 4 nitrogen and oxygen atoms in total. The average Bonchev–Trinajstić information content (AvgIpc) is 2.81. The van der Waals surface area contributed by atoms with Gasteiger partial charge in [-0.15, -0.1) is 0 Å². The molecule has 2 rings (SSSR count). The molecule has 1 amide bonds. The number of carbonyl (C=O) groups excluding carboxylic acids is 1. The van der Waals surface area contributed by atoms with Gasteiger partial charge >= 0.3 is 0 Å². The van der Waals surface area contributed by atoms with Crippen LogP contribution in [-0.2, 0) is 11.8 Å². The Bertz CT molecular complexity index is 596. The van der Waals surface area contributed by atoms with Gasteiger partial charge in [0, 0.05) is 25.9 Å². The zero-order valence-electron chi connectivity index (χ0n) is 13.1. The molecule has 0 saturated carbocycles. The molecule has 112 valence electrons. The van der Waals surface area contributed by atoms with E-state index in [1.807, 2.05) is 48.1 Å². The lowest BCUT2D eigenvalue weighted by molar-refractivity contribution is -0.123. The maximum atomic E-state index is 12.3. The van der Waals surface area contributed by atoms with Crippen molar-refractivity contribution in [2.75, 3.05) is 0 Å². The smallest absolute Gasteiger partial charge is 0.221 e. The largest absolute Gasteiger partial charge is 0.342 e. The van der Waals surface area contributed by atoms with Crippen molar-refractivity contribution >= 4 is 5.91 Å². The number of amides is 1. The Morgan fingerprint density at radius 3 is 2.48 bits per heavy atom. The van der Waals surface area contributed by atoms with Gasteiger partial charge in [0.25, 0.3) is 0 Å². The second-order valence-electron chi connectivity index (χ2n) is 6.54. The number of imidazole rings is 1. The van der Waals surface area contributed by atoms with Gasteiger partial charge in [-0.25, -0.2) is 4.98 Å². The number of hydrogen-bond donors (Lipinski definition) is 1. The SMILES string of the molecule is Cn1ccnc1C(NC(=O)CC(C)(C)C)c1ccccc1. The molecule has 1 N–H and O–H groups in total. The van der Waals surface area contributed by atoms with Crippen LogP contribution >= 0.6 is 0 Å². The monoisotopic (exact) mass is 285 g/mol. The second-order valence-corrected chi connectivity index (χ2v) is 6.54. The molecule has 1 unspecified atom stereocenters. The standard InChI is InChI=1S/C17H23N3O/c1-17(2,3)12-14(21)19-15(13-8-6-5-7-9-13)16-18-10-11-20(16)4/h5-11,15H,12H2,1-4H3,(H,19,21). The van der Waals surface area contributed by atoms with E-state index >= 15 is 0 Å². The van der Waals surface area contributed by atoms with Gasteiger partial charge in [0.1, 0.15) is 11.9 Å². The van der Waals surface area contributed by atoms with Crippen LogP contribution in [0.25, 0.3) is 0 Å². The number of nitrogens with one attached hydrogen (secondary N) is 1. The Hall–Kier alpha value is -2.10. The number of nitrogens with zero attached hydrogens (tertiary/aromatic N) is 2. The Labute approximate surface area is 126 Å². The number of aryl methyl sites for hydroxylation is 1. The molecule has 0 spiro atoms. The predicted octanol–water partition coefficient (Wildman–Crippen LogP) is 3.06. The molecule has 0 aliphatic carbocycles. The molecular weight excluding hydrogens is 262 g/mol. The lowest BCUT2D eigenvalue weighted by Gasteiger charge is -2.22. The minimum Gasteiger partial charge on any atom is -0.342 e. The molecule has 1 heterocycles. The number of aromatic nitrogens is 2. The molecule has 4 heteroatoms. The molecule has 2 aromatic rings. The van der Waals surface area contributed by atoms with Crippen LogP contribution in [0.15, 0.2) is 42.7 Å². The molecule has 0 radical (unpaired) electrons. The normalized spacial score (nSPS) is 13.0. The van der Waals surface area contributed by atoms with E-state index in [1.54, 1.807) is 6.20 Å². The first-order valence-corrected chi connectivity index (χ1v) is 7.18. The van der Waals surface area contributed by atoms with Crippen molar-refractivity contribution in [1.29, 1.82) is 0 Å². The third-order valence-electron chi connectivity index (χ3n) is 3.25. The lowest BCUT2D eigenvalue weighted by atomic mass is 9.91. The zero-order valence-corrected chi connectivity index (χ0v) is 13.1. The van der Waals surface area contributed by atoms with Crippen molar-refractivity contribution in [3.63, 3.8) is 0 Å². The van der Waals surface area contributed by atoms with Gasteiger partial charge in [-0.3, -0.25) is 4.79 Å². The van der Waals surface area contributed by atoms with Crippen molar-refractivity contribution in [2.24, 2.45) is 12.5 Å². The van der Waals surface area contributed by atoms with E-state index in [0.29, 0.717) is 6.42 Å². The topological polar surface area (TPSA) is 46.9 Å². The molecule has 1 aromatic heterocycles. The summed E-state index contributed by atoms with van der Waals surface area (Å²) in [6, 6.07) is 9.72. The summed E-state index contributed by atoms with van der Waals surface area (Å²) in [6.45, 7) is 6.18. The van der Waals surface area contributed by atoms with Gasteiger partial charge in [0.15, 0.2) is 0 Å². The van der Waals surface area contributed by atoms with E-state index in [4.69, 9.17) is 0 Å². The van der Waals surface area contributed by atoms with Crippen molar-refractivity contribution in [1.82, 2.24) is 14.9 Å². The number of carbonyl (C=O) groups is 1. The molecule has 0 fully saturated rings. The highest BCUT2D eigenvalue weighted by Gasteiger charge is 2.23. The Morgan fingerprint density at radius 2 is 1.95 bits per heavy atom. The number of hydrogen-bond acceptors (Lipinski definition) is 2. The zero-order chi connectivity index (χ0) is 15.5. The highest BCUT2D eigenvalue weighted by atomic mass is 16.1. The summed E-state index contributed by atoms with van der Waals surface area (Å²) in [5.74, 6) is 0.878. The van der Waals surface area contributed by atoms with E-state index in [9.17, 15) is 4.79 Å². The maximum absolute atomic E-state index is 12.3. The van der Waals surface area contributed by atoms with Crippen LogP contribution in [0.2, 0.25) is 0 Å². The second kappa shape index (κ2) is 6.12. The Kier molecular flexibility index (Phi) is 4.46. The predicted molar refractivity (Wildman–Crippen MR) is 83.7 cm³/mol. The van der Waals surface area contributed by atoms with Crippen molar-refractivity contribution in [3.8, 4) is 0 Å². The van der Waals surface area contributed by atoms with Crippen molar-refractivity contribution in [2.45, 2.75) is 33.2 Å². The molecular formula is C17H23N3O. The van der Waals surface area contributed by atoms with E-state index in [-0.39, 0.29) is 17.4 Å². The molecule has 0 bridgehead atoms. The van der Waals surface area contributed by atoms with Crippen molar-refractivity contribution < 1.29 is 4.79 Å². The first-order valence-electron chi connectivity index (χ1n) is 7.18. The molecule has 0 saturated heterocycles. The molecule has 21 heavy (non-hydrogen) atoms. The van der Waals surface area contributed by atoms with E-state index in [2.05, 4.69) is 31.1 Å². The molecule has 1 atom stereocenters. The summed E-state index contributed by atoms with van der Waals surface area (Å²) in [7, 11) is 1.94. The summed E-state index contributed by atoms with van der Waals surface area (Å²) in [4.78, 5) is 16.7. The highest BCUT2D eigenvalue weighted by Crippen LogP contribution is 2.23. The third-order valence-corrected chi connectivity index (χ3v) is 3.25. The van der Waals surface area contributed by atoms with Gasteiger partial charge in [0.05, 0.1) is 0 Å². The van der Waals surface area contributed by atoms with Gasteiger partial charge in [-0.2, -0.15) is 0 Å². The van der Waals surface area contributed by atoms with Crippen LogP contribution in [0.3, 0.4) is 0 Å². The minimum absolute atomic E-state index is 0.0348. The summed E-state index contributed by atoms with van der Waals surface area (Å²) < 4.78 is 1.94. The quantitative estimate of drug-likeness (QED) is 0.938. The van der Waals surface area contributed by atoms with Gasteiger partial charge in [-0.05, 0) is 11.0 Å². The summed E-state index contributed by atoms with van der Waals surface area (Å²) >= 11 is 0. The van der Waals surface area contributed by atoms with Crippen LogP contribution in [0.1, 0.15) is 44.6 Å². The summed E-state index contributed by atoms with van der Waals surface area (Å²) in [5, 5.41) is 3.11. The summed E-state index contributed by atoms with van der Waals surface area (Å²) in [5.41, 5.74) is 1.00. The molecule has 0 aliphatic heterocycles. The van der Waals surface area contributed by atoms with Gasteiger partial charge < -0.3 is 9.88 Å². The van der Waals surface area contributed by atoms with Crippen LogP contribution in [-0.4, -0.2) is 15.5 Å². The number of benzene rings is 1. The highest BCUT2D eigenvalue weighted by molar-refractivity contribution is 5.77. The molecule has 1 aromatic carbocycles. The maximum Gasteiger partial charge on any atom is 0.221 e. The van der Waals surface area contributed by atoms with Crippen LogP contribution < -0.4 is 5.32 Å². The first kappa shape index (κ1) is 15.3. The average molecular weight is 285 g/mol. The van der Waals surface area contributed by atoms with Crippen LogP contribution in [0, 0.1) is 5.41 Å². The van der Waals surface area contributed by atoms with E-state index in [0.717, 1.165) is 11.4 Å². The fourth-order valence-corrected chi connectivity index (χ4v) is 2.29. The van der Waals surface area contributed by atoms with Crippen LogP contribution in [0.4, 0.5) is 0 Å². The fraction of sp³-hybridized carbons (Fsp3) is 0.412. The third kappa shape index (κ3) is 4.18. The minimum atomic E-state index is -0.221. The Morgan fingerprint density at radius 1 is 1.29 bits per heavy atom. The van der Waals surface area contributed by atoms with Gasteiger partial charge in [0.2, 0.25) is 5.91 Å². The van der Waals surface area contributed by atoms with Crippen molar-refractivity contribution in [3.05, 3.63) is 54.1 Å². The van der Waals surface area contributed by atoms with Gasteiger partial charge in [-0.1, -0.05) is 51.1 Å². The molecule has 0 aliphatic rings. The first-order chi connectivity index (χ1) is 9.87. The van der Waals surface area contributed by atoms with Crippen LogP contribution in [0.5, 0.6) is 0 Å². The lowest BCUT2D eigenvalue weighted by Crippen LogP contribution is -2.33. The summed E-state index contributed by atoms with van der Waals surface area (Å²) in [6.07, 6.45) is 4.13. The fourth-order valence-electron chi connectivity index (χ4n) is 2.29. The number of rotatable bonds is 4.